The largest absolute Gasteiger partial charge is 0.486 e. The van der Waals surface area contributed by atoms with Gasteiger partial charge in [0.2, 0.25) is 0 Å². The summed E-state index contributed by atoms with van der Waals surface area (Å²) in [5.74, 6) is 1.51. The first-order valence-electron chi connectivity index (χ1n) is 8.45. The molecule has 1 N–H and O–H groups in total. The van der Waals surface area contributed by atoms with Crippen LogP contribution >= 0.6 is 12.4 Å². The van der Waals surface area contributed by atoms with Gasteiger partial charge in [-0.3, -0.25) is 9.69 Å². The Kier molecular flexibility index (Phi) is 5.48. The average molecular weight is 354 g/mol. The Morgan fingerprint density at radius 1 is 1.08 bits per heavy atom. The molecule has 0 bridgehead atoms. The topological polar surface area (TPSA) is 54.0 Å². The molecule has 1 aromatic carbocycles. The Labute approximate surface area is 148 Å². The number of likely N-dealkylation sites (tertiary alicyclic amines) is 1. The lowest BCUT2D eigenvalue weighted by atomic mass is 10.1. The summed E-state index contributed by atoms with van der Waals surface area (Å²) in [6.07, 6.45) is 1.07. The van der Waals surface area contributed by atoms with E-state index in [0.29, 0.717) is 30.6 Å². The monoisotopic (exact) mass is 353 g/mol. The molecule has 3 aliphatic heterocycles. The van der Waals surface area contributed by atoms with E-state index in [2.05, 4.69) is 10.2 Å². The van der Waals surface area contributed by atoms with Crippen LogP contribution in [-0.2, 0) is 0 Å². The fourth-order valence-corrected chi connectivity index (χ4v) is 3.63. The van der Waals surface area contributed by atoms with E-state index in [1.807, 2.05) is 23.1 Å². The molecule has 6 nitrogen and oxygen atoms in total. The molecule has 132 valence electrons. The second-order valence-corrected chi connectivity index (χ2v) is 6.34. The third-order valence-corrected chi connectivity index (χ3v) is 4.91. The fourth-order valence-electron chi connectivity index (χ4n) is 3.63. The van der Waals surface area contributed by atoms with E-state index in [0.717, 1.165) is 51.4 Å². The Morgan fingerprint density at radius 2 is 1.83 bits per heavy atom. The minimum Gasteiger partial charge on any atom is -0.486 e. The molecule has 0 saturated carbocycles. The molecule has 0 spiro atoms. The molecule has 7 heteroatoms. The molecule has 1 amide bonds. The van der Waals surface area contributed by atoms with Crippen LogP contribution in [0.15, 0.2) is 18.2 Å². The zero-order valence-corrected chi connectivity index (χ0v) is 14.5. The quantitative estimate of drug-likeness (QED) is 0.859. The van der Waals surface area contributed by atoms with Crippen molar-refractivity contribution in [2.45, 2.75) is 12.5 Å². The maximum absolute atomic E-state index is 12.8. The van der Waals surface area contributed by atoms with E-state index in [-0.39, 0.29) is 18.3 Å². The maximum atomic E-state index is 12.8. The highest BCUT2D eigenvalue weighted by molar-refractivity contribution is 5.95. The van der Waals surface area contributed by atoms with Crippen LogP contribution in [0.2, 0.25) is 0 Å². The van der Waals surface area contributed by atoms with Crippen molar-refractivity contribution in [3.05, 3.63) is 23.8 Å². The molecule has 1 unspecified atom stereocenters. The minimum atomic E-state index is 0. The lowest BCUT2D eigenvalue weighted by molar-refractivity contribution is 0.0772. The SMILES string of the molecule is Cl.O=C(c1ccc2c(c1)OCCO2)N1CCC(N2CCNCC2)C1. The van der Waals surface area contributed by atoms with Crippen LogP contribution in [0.25, 0.3) is 0 Å². The highest BCUT2D eigenvalue weighted by Gasteiger charge is 2.31. The van der Waals surface area contributed by atoms with E-state index in [9.17, 15) is 4.79 Å². The van der Waals surface area contributed by atoms with Crippen LogP contribution in [0, 0.1) is 0 Å². The first-order chi connectivity index (χ1) is 11.3. The average Bonchev–Trinajstić information content (AvgIpc) is 3.11. The van der Waals surface area contributed by atoms with E-state index in [1.165, 1.54) is 0 Å². The minimum absolute atomic E-state index is 0. The van der Waals surface area contributed by atoms with Crippen molar-refractivity contribution in [2.75, 3.05) is 52.5 Å². The van der Waals surface area contributed by atoms with Crippen LogP contribution in [-0.4, -0.2) is 74.2 Å². The number of halogens is 1. The number of carbonyl (C=O) groups excluding carboxylic acids is 1. The van der Waals surface area contributed by atoms with E-state index in [4.69, 9.17) is 9.47 Å². The van der Waals surface area contributed by atoms with Crippen molar-refractivity contribution >= 4 is 18.3 Å². The number of amides is 1. The summed E-state index contributed by atoms with van der Waals surface area (Å²) in [6.45, 7) is 7.03. The second-order valence-electron chi connectivity index (χ2n) is 6.34. The first-order valence-corrected chi connectivity index (χ1v) is 8.45. The number of piperazine rings is 1. The van der Waals surface area contributed by atoms with Gasteiger partial charge in [-0.2, -0.15) is 0 Å². The predicted molar refractivity (Wildman–Crippen MR) is 93.4 cm³/mol. The Bertz CT molecular complexity index is 592. The summed E-state index contributed by atoms with van der Waals surface area (Å²) in [5, 5.41) is 3.38. The molecule has 0 aromatic heterocycles. The standard InChI is InChI=1S/C17H23N3O3.ClH/c21-17(13-1-2-15-16(11-13)23-10-9-22-15)20-6-3-14(12-20)19-7-4-18-5-8-19;/h1-2,11,14,18H,3-10,12H2;1H. The van der Waals surface area contributed by atoms with Crippen molar-refractivity contribution in [2.24, 2.45) is 0 Å². The van der Waals surface area contributed by atoms with Crippen molar-refractivity contribution in [1.29, 1.82) is 0 Å². The van der Waals surface area contributed by atoms with Gasteiger partial charge in [0.25, 0.3) is 5.91 Å². The number of ether oxygens (including phenoxy) is 2. The first kappa shape index (κ1) is 17.3. The van der Waals surface area contributed by atoms with Crippen LogP contribution in [0.3, 0.4) is 0 Å². The molecule has 0 radical (unpaired) electrons. The Hall–Kier alpha value is -1.50. The van der Waals surface area contributed by atoms with E-state index < -0.39 is 0 Å². The second kappa shape index (κ2) is 7.59. The number of rotatable bonds is 2. The smallest absolute Gasteiger partial charge is 0.254 e. The number of nitrogens with one attached hydrogen (secondary N) is 1. The molecule has 0 aliphatic carbocycles. The number of hydrogen-bond acceptors (Lipinski definition) is 5. The maximum Gasteiger partial charge on any atom is 0.254 e. The van der Waals surface area contributed by atoms with Crippen LogP contribution in [0.5, 0.6) is 11.5 Å². The van der Waals surface area contributed by atoms with Gasteiger partial charge >= 0.3 is 0 Å². The molecule has 4 rings (SSSR count). The molecule has 1 aromatic rings. The lowest BCUT2D eigenvalue weighted by Crippen LogP contribution is -2.49. The van der Waals surface area contributed by atoms with Gasteiger partial charge in [-0.1, -0.05) is 0 Å². The third kappa shape index (κ3) is 3.45. The van der Waals surface area contributed by atoms with Crippen molar-refractivity contribution in [1.82, 2.24) is 15.1 Å². The molecular weight excluding hydrogens is 330 g/mol. The van der Waals surface area contributed by atoms with Gasteiger partial charge in [0.15, 0.2) is 11.5 Å². The van der Waals surface area contributed by atoms with Crippen molar-refractivity contribution < 1.29 is 14.3 Å². The van der Waals surface area contributed by atoms with Crippen LogP contribution in [0.1, 0.15) is 16.8 Å². The number of carbonyl (C=O) groups is 1. The van der Waals surface area contributed by atoms with Crippen LogP contribution in [0.4, 0.5) is 0 Å². The number of benzene rings is 1. The van der Waals surface area contributed by atoms with Gasteiger partial charge < -0.3 is 19.7 Å². The lowest BCUT2D eigenvalue weighted by Gasteiger charge is -2.32. The van der Waals surface area contributed by atoms with Crippen molar-refractivity contribution in [3.63, 3.8) is 0 Å². The molecule has 2 fully saturated rings. The number of fused-ring (bicyclic) bond motifs is 1. The zero-order valence-electron chi connectivity index (χ0n) is 13.7. The van der Waals surface area contributed by atoms with Gasteiger partial charge in [0.05, 0.1) is 0 Å². The summed E-state index contributed by atoms with van der Waals surface area (Å²) in [4.78, 5) is 17.2. The molecule has 24 heavy (non-hydrogen) atoms. The van der Waals surface area contributed by atoms with E-state index in [1.54, 1.807) is 0 Å². The molecule has 3 heterocycles. The summed E-state index contributed by atoms with van der Waals surface area (Å²) < 4.78 is 11.1. The highest BCUT2D eigenvalue weighted by atomic mass is 35.5. The summed E-state index contributed by atoms with van der Waals surface area (Å²) in [6, 6.07) is 5.99. The molecule has 2 saturated heterocycles. The van der Waals surface area contributed by atoms with Gasteiger partial charge in [0.1, 0.15) is 13.2 Å². The van der Waals surface area contributed by atoms with Gasteiger partial charge in [-0.15, -0.1) is 12.4 Å². The van der Waals surface area contributed by atoms with E-state index >= 15 is 0 Å². The van der Waals surface area contributed by atoms with Gasteiger partial charge in [-0.25, -0.2) is 0 Å². The van der Waals surface area contributed by atoms with Crippen LogP contribution < -0.4 is 14.8 Å². The number of hydrogen-bond donors (Lipinski definition) is 1. The predicted octanol–water partition coefficient (Wildman–Crippen LogP) is 0.999. The molecule has 3 aliphatic rings. The third-order valence-electron chi connectivity index (χ3n) is 4.91. The van der Waals surface area contributed by atoms with Crippen molar-refractivity contribution in [3.8, 4) is 11.5 Å². The normalized spacial score (nSPS) is 23.7. The summed E-state index contributed by atoms with van der Waals surface area (Å²) in [7, 11) is 0. The molecule has 1 atom stereocenters. The summed E-state index contributed by atoms with van der Waals surface area (Å²) in [5.41, 5.74) is 0.690. The Morgan fingerprint density at radius 3 is 2.62 bits per heavy atom. The Balaban J connectivity index is 0.00000169. The number of nitrogens with zero attached hydrogens (tertiary/aromatic N) is 2. The molecular formula is C17H24ClN3O3. The fraction of sp³-hybridized carbons (Fsp3) is 0.588. The van der Waals surface area contributed by atoms with Gasteiger partial charge in [0, 0.05) is 50.9 Å². The zero-order chi connectivity index (χ0) is 15.6. The summed E-state index contributed by atoms with van der Waals surface area (Å²) >= 11 is 0. The van der Waals surface area contributed by atoms with Gasteiger partial charge in [-0.05, 0) is 24.6 Å². The highest BCUT2D eigenvalue weighted by Crippen LogP contribution is 2.31.